The van der Waals surface area contributed by atoms with E-state index in [2.05, 4.69) is 0 Å². The SMILES string of the molecule is COc1cc([C@H]2Oc3cc([C@H]4Oc5cc(OC(C)=O)cc(OC(C)=O)c5C[C@@H]4OC(C)=O)ccc3O[C@@H]2CO)ccc1OC(C)=O. The first-order valence-corrected chi connectivity index (χ1v) is 14.3. The Morgan fingerprint density at radius 3 is 2.00 bits per heavy atom. The minimum atomic E-state index is -0.861. The Morgan fingerprint density at radius 2 is 1.35 bits per heavy atom. The summed E-state index contributed by atoms with van der Waals surface area (Å²) in [5.41, 5.74) is 1.58. The van der Waals surface area contributed by atoms with Crippen molar-refractivity contribution in [3.63, 3.8) is 0 Å². The topological polar surface area (TPSA) is 162 Å². The van der Waals surface area contributed by atoms with Crippen LogP contribution in [0.5, 0.6) is 40.2 Å². The quantitative estimate of drug-likeness (QED) is 0.280. The van der Waals surface area contributed by atoms with Gasteiger partial charge in [0.05, 0.1) is 13.7 Å². The first kappa shape index (κ1) is 32.1. The number of hydrogen-bond acceptors (Lipinski definition) is 13. The van der Waals surface area contributed by atoms with Crippen molar-refractivity contribution in [2.45, 2.75) is 58.5 Å². The zero-order chi connectivity index (χ0) is 33.1. The van der Waals surface area contributed by atoms with Crippen molar-refractivity contribution in [1.82, 2.24) is 0 Å². The van der Waals surface area contributed by atoms with E-state index in [1.807, 2.05) is 0 Å². The molecule has 0 aliphatic carbocycles. The van der Waals surface area contributed by atoms with Gasteiger partial charge in [-0.25, -0.2) is 0 Å². The Hall–Kier alpha value is -5.30. The predicted octanol–water partition coefficient (Wildman–Crippen LogP) is 3.95. The summed E-state index contributed by atoms with van der Waals surface area (Å²) in [6.07, 6.45) is -3.17. The summed E-state index contributed by atoms with van der Waals surface area (Å²) in [5, 5.41) is 10.1. The summed E-state index contributed by atoms with van der Waals surface area (Å²) in [4.78, 5) is 47.2. The molecule has 0 saturated heterocycles. The Labute approximate surface area is 263 Å². The molecule has 0 saturated carbocycles. The number of fused-ring (bicyclic) bond motifs is 2. The van der Waals surface area contributed by atoms with Crippen LogP contribution in [0.1, 0.15) is 56.6 Å². The highest BCUT2D eigenvalue weighted by atomic mass is 16.6. The summed E-state index contributed by atoms with van der Waals surface area (Å²) >= 11 is 0. The molecule has 4 atom stereocenters. The molecular formula is C33H32O13. The van der Waals surface area contributed by atoms with Gasteiger partial charge < -0.3 is 43.0 Å². The second-order valence-corrected chi connectivity index (χ2v) is 10.6. The van der Waals surface area contributed by atoms with Crippen LogP contribution in [0.2, 0.25) is 0 Å². The summed E-state index contributed by atoms with van der Waals surface area (Å²) in [7, 11) is 1.43. The number of carbonyl (C=O) groups excluding carboxylic acids is 4. The minimum Gasteiger partial charge on any atom is -0.493 e. The molecule has 2 aliphatic heterocycles. The maximum atomic E-state index is 12.1. The first-order chi connectivity index (χ1) is 21.9. The number of ether oxygens (including phenoxy) is 8. The van der Waals surface area contributed by atoms with Crippen LogP contribution in [0.3, 0.4) is 0 Å². The molecule has 0 unspecified atom stereocenters. The predicted molar refractivity (Wildman–Crippen MR) is 157 cm³/mol. The summed E-state index contributed by atoms with van der Waals surface area (Å²) < 4.78 is 45.7. The van der Waals surface area contributed by atoms with Gasteiger partial charge in [-0.2, -0.15) is 0 Å². The van der Waals surface area contributed by atoms with Gasteiger partial charge in [0.1, 0.15) is 23.4 Å². The van der Waals surface area contributed by atoms with Crippen LogP contribution in [-0.2, 0) is 30.3 Å². The molecule has 13 nitrogen and oxygen atoms in total. The van der Waals surface area contributed by atoms with Gasteiger partial charge in [0.15, 0.2) is 41.3 Å². The maximum absolute atomic E-state index is 12.1. The molecule has 0 bridgehead atoms. The van der Waals surface area contributed by atoms with E-state index in [4.69, 9.17) is 37.9 Å². The van der Waals surface area contributed by atoms with Gasteiger partial charge in [-0.05, 0) is 24.3 Å². The Balaban J connectivity index is 1.51. The molecule has 13 heteroatoms. The smallest absolute Gasteiger partial charge is 0.308 e. The minimum absolute atomic E-state index is 0.0994. The lowest BCUT2D eigenvalue weighted by atomic mass is 9.93. The van der Waals surface area contributed by atoms with Crippen molar-refractivity contribution in [3.8, 4) is 40.2 Å². The van der Waals surface area contributed by atoms with E-state index in [9.17, 15) is 24.3 Å². The highest BCUT2D eigenvalue weighted by Crippen LogP contribution is 2.47. The number of benzene rings is 3. The van der Waals surface area contributed by atoms with Crippen molar-refractivity contribution < 1.29 is 62.2 Å². The number of hydrogen-bond donors (Lipinski definition) is 1. The summed E-state index contributed by atoms with van der Waals surface area (Å²) in [6, 6.07) is 12.8. The third kappa shape index (κ3) is 6.99. The van der Waals surface area contributed by atoms with Gasteiger partial charge in [-0.15, -0.1) is 0 Å². The Bertz CT molecular complexity index is 1680. The van der Waals surface area contributed by atoms with E-state index in [0.29, 0.717) is 28.2 Å². The molecule has 5 rings (SSSR count). The third-order valence-electron chi connectivity index (χ3n) is 7.09. The van der Waals surface area contributed by atoms with E-state index in [1.165, 1.54) is 46.9 Å². The zero-order valence-electron chi connectivity index (χ0n) is 25.7. The largest absolute Gasteiger partial charge is 0.493 e. The standard InChI is InChI=1S/C33H32O13/c1-16(35)40-22-12-26(42-18(3)37)23-14-30(43-19(4)38)32(45-27(23)13-22)21-7-9-25-29(11-21)46-33(31(15-34)44-25)20-6-8-24(41-17(2)36)28(10-20)39-5/h6-13,30-34H,14-15H2,1-5H3/t30-,31+,32+,33+/m0/s1. The molecule has 1 N–H and O–H groups in total. The van der Waals surface area contributed by atoms with E-state index in [-0.39, 0.29) is 41.8 Å². The van der Waals surface area contributed by atoms with Gasteiger partial charge in [0.2, 0.25) is 0 Å². The molecule has 0 spiro atoms. The Morgan fingerprint density at radius 1 is 0.696 bits per heavy atom. The fourth-order valence-electron chi connectivity index (χ4n) is 5.34. The van der Waals surface area contributed by atoms with Crippen LogP contribution < -0.4 is 33.2 Å². The summed E-state index contributed by atoms with van der Waals surface area (Å²) in [5.74, 6) is -0.603. The van der Waals surface area contributed by atoms with Gasteiger partial charge in [0.25, 0.3) is 0 Å². The van der Waals surface area contributed by atoms with Crippen molar-refractivity contribution in [3.05, 3.63) is 65.2 Å². The van der Waals surface area contributed by atoms with Crippen molar-refractivity contribution in [1.29, 1.82) is 0 Å². The number of aliphatic hydroxyl groups is 1. The zero-order valence-corrected chi connectivity index (χ0v) is 25.7. The number of aliphatic hydroxyl groups excluding tert-OH is 1. The average molecular weight is 637 g/mol. The molecule has 0 aromatic heterocycles. The molecule has 2 aliphatic rings. The van der Waals surface area contributed by atoms with Crippen LogP contribution in [-0.4, -0.2) is 54.9 Å². The van der Waals surface area contributed by atoms with Crippen molar-refractivity contribution in [2.75, 3.05) is 13.7 Å². The highest BCUT2D eigenvalue weighted by molar-refractivity contribution is 5.73. The molecule has 242 valence electrons. The molecule has 3 aromatic rings. The van der Waals surface area contributed by atoms with E-state index in [0.717, 1.165) is 0 Å². The molecule has 2 heterocycles. The van der Waals surface area contributed by atoms with Gasteiger partial charge in [0, 0.05) is 62.9 Å². The van der Waals surface area contributed by atoms with Crippen LogP contribution >= 0.6 is 0 Å². The van der Waals surface area contributed by atoms with Crippen molar-refractivity contribution >= 4 is 23.9 Å². The monoisotopic (exact) mass is 636 g/mol. The van der Waals surface area contributed by atoms with E-state index < -0.39 is 48.3 Å². The molecule has 46 heavy (non-hydrogen) atoms. The fourth-order valence-corrected chi connectivity index (χ4v) is 5.34. The lowest BCUT2D eigenvalue weighted by Gasteiger charge is -2.36. The number of rotatable bonds is 8. The number of carbonyl (C=O) groups is 4. The van der Waals surface area contributed by atoms with Crippen LogP contribution in [0.25, 0.3) is 0 Å². The third-order valence-corrected chi connectivity index (χ3v) is 7.09. The molecule has 0 amide bonds. The normalized spacial score (nSPS) is 19.5. The van der Waals surface area contributed by atoms with Crippen LogP contribution in [0, 0.1) is 0 Å². The summed E-state index contributed by atoms with van der Waals surface area (Å²) in [6.45, 7) is 4.65. The van der Waals surface area contributed by atoms with Crippen LogP contribution in [0.4, 0.5) is 0 Å². The molecule has 0 fully saturated rings. The highest BCUT2D eigenvalue weighted by Gasteiger charge is 2.39. The van der Waals surface area contributed by atoms with Gasteiger partial charge in [-0.1, -0.05) is 12.1 Å². The maximum Gasteiger partial charge on any atom is 0.308 e. The molecular weight excluding hydrogens is 604 g/mol. The van der Waals surface area contributed by atoms with E-state index in [1.54, 1.807) is 36.4 Å². The fraction of sp³-hybridized carbons (Fsp3) is 0.333. The average Bonchev–Trinajstić information content (AvgIpc) is 2.99. The number of methoxy groups -OCH3 is 1. The molecule has 3 aromatic carbocycles. The second-order valence-electron chi connectivity index (χ2n) is 10.6. The van der Waals surface area contributed by atoms with Gasteiger partial charge >= 0.3 is 23.9 Å². The first-order valence-electron chi connectivity index (χ1n) is 14.3. The Kier molecular flexibility index (Phi) is 9.33. The van der Waals surface area contributed by atoms with E-state index >= 15 is 0 Å². The second kappa shape index (κ2) is 13.4. The van der Waals surface area contributed by atoms with Crippen molar-refractivity contribution in [2.24, 2.45) is 0 Å². The van der Waals surface area contributed by atoms with Gasteiger partial charge in [-0.3, -0.25) is 19.2 Å². The van der Waals surface area contributed by atoms with Crippen LogP contribution in [0.15, 0.2) is 48.5 Å². The lowest BCUT2D eigenvalue weighted by Crippen LogP contribution is -2.37. The lowest BCUT2D eigenvalue weighted by molar-refractivity contribution is -0.152. The number of esters is 4. The molecule has 0 radical (unpaired) electrons.